The Bertz CT molecular complexity index is 549. The number of rotatable bonds is 3. The third kappa shape index (κ3) is 2.76. The second kappa shape index (κ2) is 5.40. The third-order valence-electron chi connectivity index (χ3n) is 3.33. The highest BCUT2D eigenvalue weighted by molar-refractivity contribution is 5.49. The molecule has 2 heterocycles. The van der Waals surface area contributed by atoms with Crippen LogP contribution in [0.5, 0.6) is 0 Å². The molecule has 0 atom stereocenters. The standard InChI is InChI=1S/C14H16FN3O/c15-12-3-1-2-11(8-12)9-14-13(10-17-19-14)18-6-4-16-5-7-18/h1-3,8,10,16H,4-7,9H2. The normalized spacial score (nSPS) is 15.7. The zero-order chi connectivity index (χ0) is 13.1. The summed E-state index contributed by atoms with van der Waals surface area (Å²) in [5, 5.41) is 7.20. The van der Waals surface area contributed by atoms with Crippen molar-refractivity contribution in [2.45, 2.75) is 6.42 Å². The molecule has 1 fully saturated rings. The Morgan fingerprint density at radius 2 is 2.16 bits per heavy atom. The minimum atomic E-state index is -0.222. The van der Waals surface area contributed by atoms with E-state index >= 15 is 0 Å². The highest BCUT2D eigenvalue weighted by Gasteiger charge is 2.18. The SMILES string of the molecule is Fc1cccc(Cc2oncc2N2CCNCC2)c1. The number of hydrogen-bond donors (Lipinski definition) is 1. The summed E-state index contributed by atoms with van der Waals surface area (Å²) in [6.07, 6.45) is 2.32. The minimum Gasteiger partial charge on any atom is -0.365 e. The predicted octanol–water partition coefficient (Wildman–Crippen LogP) is 1.81. The van der Waals surface area contributed by atoms with E-state index in [9.17, 15) is 4.39 Å². The number of nitrogens with one attached hydrogen (secondary N) is 1. The van der Waals surface area contributed by atoms with Crippen LogP contribution >= 0.6 is 0 Å². The van der Waals surface area contributed by atoms with Crippen molar-refractivity contribution in [1.29, 1.82) is 0 Å². The van der Waals surface area contributed by atoms with Gasteiger partial charge in [-0.25, -0.2) is 4.39 Å². The van der Waals surface area contributed by atoms with Gasteiger partial charge in [-0.3, -0.25) is 0 Å². The predicted molar refractivity (Wildman–Crippen MR) is 70.8 cm³/mol. The van der Waals surface area contributed by atoms with Gasteiger partial charge in [0.1, 0.15) is 11.5 Å². The molecule has 0 aliphatic carbocycles. The van der Waals surface area contributed by atoms with Crippen LogP contribution in [0.15, 0.2) is 35.0 Å². The number of anilines is 1. The lowest BCUT2D eigenvalue weighted by atomic mass is 10.1. The van der Waals surface area contributed by atoms with E-state index in [1.54, 1.807) is 12.3 Å². The summed E-state index contributed by atoms with van der Waals surface area (Å²) in [4.78, 5) is 2.25. The van der Waals surface area contributed by atoms with Gasteiger partial charge in [-0.05, 0) is 17.7 Å². The fraction of sp³-hybridized carbons (Fsp3) is 0.357. The van der Waals surface area contributed by atoms with Crippen LogP contribution < -0.4 is 10.2 Å². The monoisotopic (exact) mass is 261 g/mol. The van der Waals surface area contributed by atoms with Gasteiger partial charge in [0.2, 0.25) is 0 Å². The van der Waals surface area contributed by atoms with E-state index < -0.39 is 0 Å². The number of hydrogen-bond acceptors (Lipinski definition) is 4. The fourth-order valence-corrected chi connectivity index (χ4v) is 2.38. The molecule has 4 nitrogen and oxygen atoms in total. The Balaban J connectivity index is 1.80. The van der Waals surface area contributed by atoms with Gasteiger partial charge >= 0.3 is 0 Å². The maximum atomic E-state index is 13.2. The Morgan fingerprint density at radius 3 is 2.95 bits per heavy atom. The van der Waals surface area contributed by atoms with E-state index in [1.165, 1.54) is 12.1 Å². The van der Waals surface area contributed by atoms with Crippen molar-refractivity contribution >= 4 is 5.69 Å². The molecule has 1 aliphatic heterocycles. The van der Waals surface area contributed by atoms with Gasteiger partial charge in [-0.1, -0.05) is 17.3 Å². The number of benzene rings is 1. The van der Waals surface area contributed by atoms with Crippen molar-refractivity contribution in [3.8, 4) is 0 Å². The molecule has 3 rings (SSSR count). The molecule has 0 spiro atoms. The second-order valence-electron chi connectivity index (χ2n) is 4.68. The Kier molecular flexibility index (Phi) is 3.46. The van der Waals surface area contributed by atoms with Gasteiger partial charge in [-0.2, -0.15) is 0 Å². The molecule has 0 amide bonds. The fourth-order valence-electron chi connectivity index (χ4n) is 2.38. The molecule has 5 heteroatoms. The molecule has 2 aromatic rings. The molecule has 19 heavy (non-hydrogen) atoms. The van der Waals surface area contributed by atoms with Crippen LogP contribution in [0.4, 0.5) is 10.1 Å². The Hall–Kier alpha value is -1.88. The van der Waals surface area contributed by atoms with Crippen LogP contribution in [0.1, 0.15) is 11.3 Å². The van der Waals surface area contributed by atoms with Gasteiger partial charge < -0.3 is 14.7 Å². The van der Waals surface area contributed by atoms with Crippen molar-refractivity contribution in [3.05, 3.63) is 47.6 Å². The molecule has 0 radical (unpaired) electrons. The zero-order valence-electron chi connectivity index (χ0n) is 10.6. The van der Waals surface area contributed by atoms with Gasteiger partial charge in [0.25, 0.3) is 0 Å². The van der Waals surface area contributed by atoms with Gasteiger partial charge in [0, 0.05) is 32.6 Å². The van der Waals surface area contributed by atoms with Crippen LogP contribution in [-0.4, -0.2) is 31.3 Å². The van der Waals surface area contributed by atoms with Crippen molar-refractivity contribution in [1.82, 2.24) is 10.5 Å². The van der Waals surface area contributed by atoms with E-state index in [-0.39, 0.29) is 5.82 Å². The first-order valence-electron chi connectivity index (χ1n) is 6.46. The van der Waals surface area contributed by atoms with Gasteiger partial charge in [-0.15, -0.1) is 0 Å². The first-order chi connectivity index (χ1) is 9.33. The van der Waals surface area contributed by atoms with E-state index in [4.69, 9.17) is 4.52 Å². The Morgan fingerprint density at radius 1 is 1.32 bits per heavy atom. The molecule has 0 unspecified atom stereocenters. The average molecular weight is 261 g/mol. The van der Waals surface area contributed by atoms with Crippen LogP contribution in [0.2, 0.25) is 0 Å². The maximum absolute atomic E-state index is 13.2. The van der Waals surface area contributed by atoms with Crippen LogP contribution in [0.25, 0.3) is 0 Å². The molecule has 1 saturated heterocycles. The van der Waals surface area contributed by atoms with Crippen LogP contribution in [0.3, 0.4) is 0 Å². The van der Waals surface area contributed by atoms with E-state index in [0.29, 0.717) is 6.42 Å². The first kappa shape index (κ1) is 12.2. The molecule has 100 valence electrons. The lowest BCUT2D eigenvalue weighted by Gasteiger charge is -2.28. The molecule has 1 N–H and O–H groups in total. The van der Waals surface area contributed by atoms with Gasteiger partial charge in [0.15, 0.2) is 5.76 Å². The summed E-state index contributed by atoms with van der Waals surface area (Å²) < 4.78 is 18.5. The smallest absolute Gasteiger partial charge is 0.164 e. The summed E-state index contributed by atoms with van der Waals surface area (Å²) in [5.74, 6) is 0.577. The van der Waals surface area contributed by atoms with Crippen molar-refractivity contribution in [2.24, 2.45) is 0 Å². The molecular weight excluding hydrogens is 245 g/mol. The molecule has 1 aliphatic rings. The van der Waals surface area contributed by atoms with Crippen molar-refractivity contribution in [3.63, 3.8) is 0 Å². The molecule has 1 aromatic carbocycles. The Labute approximate surface area is 111 Å². The molecule has 0 saturated carbocycles. The topological polar surface area (TPSA) is 41.3 Å². The summed E-state index contributed by atoms with van der Waals surface area (Å²) in [6, 6.07) is 6.59. The summed E-state index contributed by atoms with van der Waals surface area (Å²) >= 11 is 0. The largest absolute Gasteiger partial charge is 0.365 e. The third-order valence-corrected chi connectivity index (χ3v) is 3.33. The second-order valence-corrected chi connectivity index (χ2v) is 4.68. The summed E-state index contributed by atoms with van der Waals surface area (Å²) in [5.41, 5.74) is 1.92. The average Bonchev–Trinajstić information content (AvgIpc) is 2.88. The van der Waals surface area contributed by atoms with Crippen molar-refractivity contribution in [2.75, 3.05) is 31.1 Å². The molecule has 1 aromatic heterocycles. The minimum absolute atomic E-state index is 0.222. The first-order valence-corrected chi connectivity index (χ1v) is 6.46. The summed E-state index contributed by atoms with van der Waals surface area (Å²) in [6.45, 7) is 3.81. The number of aromatic nitrogens is 1. The van der Waals surface area contributed by atoms with Gasteiger partial charge in [0.05, 0.1) is 6.20 Å². The van der Waals surface area contributed by atoms with Crippen LogP contribution in [-0.2, 0) is 6.42 Å². The van der Waals surface area contributed by atoms with E-state index in [1.807, 2.05) is 6.07 Å². The van der Waals surface area contributed by atoms with E-state index in [0.717, 1.165) is 43.2 Å². The lowest BCUT2D eigenvalue weighted by Crippen LogP contribution is -2.43. The molecular formula is C14H16FN3O. The highest BCUT2D eigenvalue weighted by Crippen LogP contribution is 2.23. The quantitative estimate of drug-likeness (QED) is 0.915. The molecule has 0 bridgehead atoms. The number of nitrogens with zero attached hydrogens (tertiary/aromatic N) is 2. The lowest BCUT2D eigenvalue weighted by molar-refractivity contribution is 0.389. The number of halogens is 1. The zero-order valence-corrected chi connectivity index (χ0v) is 10.6. The summed E-state index contributed by atoms with van der Waals surface area (Å²) in [7, 11) is 0. The van der Waals surface area contributed by atoms with Crippen molar-refractivity contribution < 1.29 is 8.91 Å². The van der Waals surface area contributed by atoms with E-state index in [2.05, 4.69) is 15.4 Å². The number of piperazine rings is 1. The highest BCUT2D eigenvalue weighted by atomic mass is 19.1. The maximum Gasteiger partial charge on any atom is 0.164 e. The van der Waals surface area contributed by atoms with Crippen LogP contribution in [0, 0.1) is 5.82 Å².